The quantitative estimate of drug-likeness (QED) is 0.904. The Bertz CT molecular complexity index is 402. The van der Waals surface area contributed by atoms with Crippen LogP contribution in [0.25, 0.3) is 0 Å². The van der Waals surface area contributed by atoms with E-state index in [0.717, 1.165) is 5.75 Å². The van der Waals surface area contributed by atoms with Crippen molar-refractivity contribution in [3.8, 4) is 5.75 Å². The van der Waals surface area contributed by atoms with Crippen LogP contribution in [0.3, 0.4) is 0 Å². The molecule has 0 saturated carbocycles. The summed E-state index contributed by atoms with van der Waals surface area (Å²) in [4.78, 5) is 0. The van der Waals surface area contributed by atoms with E-state index in [0.29, 0.717) is 17.5 Å². The predicted octanol–water partition coefficient (Wildman–Crippen LogP) is 3.88. The molecule has 0 spiro atoms. The SMILES string of the molecule is COc1ccc(C(C)NC2CSCCC2(C)C)cc1. The van der Waals surface area contributed by atoms with Crippen LogP contribution in [0.4, 0.5) is 0 Å². The van der Waals surface area contributed by atoms with Gasteiger partial charge in [0.05, 0.1) is 7.11 Å². The van der Waals surface area contributed by atoms with Gasteiger partial charge in [0.25, 0.3) is 0 Å². The molecule has 0 aliphatic carbocycles. The van der Waals surface area contributed by atoms with Gasteiger partial charge >= 0.3 is 0 Å². The number of hydrogen-bond donors (Lipinski definition) is 1. The molecule has 2 atom stereocenters. The molecule has 1 aliphatic rings. The van der Waals surface area contributed by atoms with Crippen LogP contribution in [-0.2, 0) is 0 Å². The molecule has 1 aromatic rings. The molecule has 1 heterocycles. The molecular formula is C16H25NOS. The molecular weight excluding hydrogens is 254 g/mol. The molecule has 0 amide bonds. The first-order valence-corrected chi connectivity index (χ1v) is 8.16. The van der Waals surface area contributed by atoms with Crippen molar-refractivity contribution in [2.45, 2.75) is 39.3 Å². The molecule has 2 unspecified atom stereocenters. The van der Waals surface area contributed by atoms with Gasteiger partial charge in [0.1, 0.15) is 5.75 Å². The number of benzene rings is 1. The lowest BCUT2D eigenvalue weighted by Crippen LogP contribution is -2.47. The van der Waals surface area contributed by atoms with Gasteiger partial charge in [0.2, 0.25) is 0 Å². The van der Waals surface area contributed by atoms with E-state index in [9.17, 15) is 0 Å². The highest BCUT2D eigenvalue weighted by atomic mass is 32.2. The molecule has 0 bridgehead atoms. The van der Waals surface area contributed by atoms with Crippen molar-refractivity contribution in [1.82, 2.24) is 5.32 Å². The average Bonchev–Trinajstić information content (AvgIpc) is 2.41. The zero-order valence-corrected chi connectivity index (χ0v) is 13.2. The van der Waals surface area contributed by atoms with E-state index >= 15 is 0 Å². The van der Waals surface area contributed by atoms with E-state index < -0.39 is 0 Å². The van der Waals surface area contributed by atoms with Gasteiger partial charge in [-0.3, -0.25) is 0 Å². The number of rotatable bonds is 4. The lowest BCUT2D eigenvalue weighted by Gasteiger charge is -2.40. The standard InChI is InChI=1S/C16H25NOS/c1-12(13-5-7-14(18-4)8-6-13)17-15-11-19-10-9-16(15,2)3/h5-8,12,15,17H,9-11H2,1-4H3. The summed E-state index contributed by atoms with van der Waals surface area (Å²) >= 11 is 2.07. The van der Waals surface area contributed by atoms with Crippen LogP contribution in [0.5, 0.6) is 5.75 Å². The molecule has 0 aromatic heterocycles. The Morgan fingerprint density at radius 3 is 2.58 bits per heavy atom. The first-order valence-electron chi connectivity index (χ1n) is 7.00. The summed E-state index contributed by atoms with van der Waals surface area (Å²) in [6, 6.07) is 9.35. The fourth-order valence-electron chi connectivity index (χ4n) is 2.50. The molecule has 1 aromatic carbocycles. The molecule has 1 aliphatic heterocycles. The molecule has 1 saturated heterocycles. The van der Waals surface area contributed by atoms with E-state index in [1.807, 2.05) is 12.1 Å². The third kappa shape index (κ3) is 3.67. The molecule has 2 rings (SSSR count). The van der Waals surface area contributed by atoms with Crippen LogP contribution >= 0.6 is 11.8 Å². The van der Waals surface area contributed by atoms with Crippen molar-refractivity contribution in [3.05, 3.63) is 29.8 Å². The van der Waals surface area contributed by atoms with Crippen molar-refractivity contribution < 1.29 is 4.74 Å². The molecule has 1 fully saturated rings. The zero-order chi connectivity index (χ0) is 13.9. The monoisotopic (exact) mass is 279 g/mol. The number of methoxy groups -OCH3 is 1. The van der Waals surface area contributed by atoms with E-state index in [2.05, 4.69) is 50.0 Å². The van der Waals surface area contributed by atoms with Crippen molar-refractivity contribution in [2.24, 2.45) is 5.41 Å². The van der Waals surface area contributed by atoms with E-state index in [1.165, 1.54) is 23.5 Å². The first kappa shape index (κ1) is 14.7. The van der Waals surface area contributed by atoms with Gasteiger partial charge in [-0.1, -0.05) is 26.0 Å². The Labute approximate surface area is 121 Å². The summed E-state index contributed by atoms with van der Waals surface area (Å²) in [7, 11) is 1.71. The molecule has 19 heavy (non-hydrogen) atoms. The fraction of sp³-hybridized carbons (Fsp3) is 0.625. The van der Waals surface area contributed by atoms with Gasteiger partial charge in [-0.05, 0) is 42.2 Å². The lowest BCUT2D eigenvalue weighted by atomic mass is 9.81. The third-order valence-corrected chi connectivity index (χ3v) is 5.25. The largest absolute Gasteiger partial charge is 0.497 e. The number of thioether (sulfide) groups is 1. The van der Waals surface area contributed by atoms with Gasteiger partial charge in [-0.25, -0.2) is 0 Å². The van der Waals surface area contributed by atoms with Gasteiger partial charge < -0.3 is 10.1 Å². The van der Waals surface area contributed by atoms with Gasteiger partial charge in [0, 0.05) is 17.8 Å². The summed E-state index contributed by atoms with van der Waals surface area (Å²) < 4.78 is 5.21. The average molecular weight is 279 g/mol. The molecule has 0 radical (unpaired) electrons. The summed E-state index contributed by atoms with van der Waals surface area (Å²) in [5.74, 6) is 3.43. The zero-order valence-electron chi connectivity index (χ0n) is 12.4. The minimum Gasteiger partial charge on any atom is -0.497 e. The van der Waals surface area contributed by atoms with Gasteiger partial charge in [-0.2, -0.15) is 11.8 Å². The lowest BCUT2D eigenvalue weighted by molar-refractivity contribution is 0.232. The van der Waals surface area contributed by atoms with Crippen molar-refractivity contribution in [3.63, 3.8) is 0 Å². The number of nitrogens with one attached hydrogen (secondary N) is 1. The van der Waals surface area contributed by atoms with Crippen LogP contribution in [-0.4, -0.2) is 24.7 Å². The normalized spacial score (nSPS) is 23.9. The summed E-state index contributed by atoms with van der Waals surface area (Å²) in [5, 5.41) is 3.80. The topological polar surface area (TPSA) is 21.3 Å². The van der Waals surface area contributed by atoms with Crippen molar-refractivity contribution in [2.75, 3.05) is 18.6 Å². The van der Waals surface area contributed by atoms with Crippen LogP contribution < -0.4 is 10.1 Å². The Kier molecular flexibility index (Phi) is 4.80. The Morgan fingerprint density at radius 1 is 1.32 bits per heavy atom. The maximum Gasteiger partial charge on any atom is 0.118 e. The molecule has 1 N–H and O–H groups in total. The molecule has 2 nitrogen and oxygen atoms in total. The smallest absolute Gasteiger partial charge is 0.118 e. The van der Waals surface area contributed by atoms with Crippen molar-refractivity contribution in [1.29, 1.82) is 0 Å². The highest BCUT2D eigenvalue weighted by molar-refractivity contribution is 7.99. The number of ether oxygens (including phenoxy) is 1. The van der Waals surface area contributed by atoms with Crippen LogP contribution in [0.1, 0.15) is 38.8 Å². The maximum absolute atomic E-state index is 5.21. The van der Waals surface area contributed by atoms with Crippen LogP contribution in [0, 0.1) is 5.41 Å². The second-order valence-electron chi connectivity index (χ2n) is 6.03. The van der Waals surface area contributed by atoms with E-state index in [4.69, 9.17) is 4.74 Å². The molecule has 106 valence electrons. The second kappa shape index (κ2) is 6.19. The molecule has 3 heteroatoms. The highest BCUT2D eigenvalue weighted by Gasteiger charge is 2.33. The van der Waals surface area contributed by atoms with Gasteiger partial charge in [-0.15, -0.1) is 0 Å². The first-order chi connectivity index (χ1) is 9.03. The Balaban J connectivity index is 2.01. The minimum absolute atomic E-state index is 0.383. The van der Waals surface area contributed by atoms with E-state index in [1.54, 1.807) is 7.11 Å². The van der Waals surface area contributed by atoms with Crippen LogP contribution in [0.2, 0.25) is 0 Å². The fourth-order valence-corrected chi connectivity index (χ4v) is 4.12. The van der Waals surface area contributed by atoms with E-state index in [-0.39, 0.29) is 0 Å². The minimum atomic E-state index is 0.383. The summed E-state index contributed by atoms with van der Waals surface area (Å²) in [6.07, 6.45) is 1.30. The van der Waals surface area contributed by atoms with Crippen molar-refractivity contribution >= 4 is 11.8 Å². The summed E-state index contributed by atoms with van der Waals surface area (Å²) in [5.41, 5.74) is 1.72. The predicted molar refractivity (Wildman–Crippen MR) is 84.1 cm³/mol. The van der Waals surface area contributed by atoms with Crippen LogP contribution in [0.15, 0.2) is 24.3 Å². The van der Waals surface area contributed by atoms with Gasteiger partial charge in [0.15, 0.2) is 0 Å². The number of hydrogen-bond acceptors (Lipinski definition) is 3. The maximum atomic E-state index is 5.21. The highest BCUT2D eigenvalue weighted by Crippen LogP contribution is 2.35. The Hall–Kier alpha value is -0.670. The second-order valence-corrected chi connectivity index (χ2v) is 7.18. The Morgan fingerprint density at radius 2 is 2.00 bits per heavy atom. The summed E-state index contributed by atoms with van der Waals surface area (Å²) in [6.45, 7) is 7.01. The third-order valence-electron chi connectivity index (χ3n) is 4.19.